The van der Waals surface area contributed by atoms with Crippen molar-refractivity contribution in [1.29, 1.82) is 0 Å². The van der Waals surface area contributed by atoms with E-state index in [9.17, 15) is 5.11 Å². The van der Waals surface area contributed by atoms with E-state index in [2.05, 4.69) is 34.7 Å². The van der Waals surface area contributed by atoms with Gasteiger partial charge in [-0.05, 0) is 36.8 Å². The first-order valence-electron chi connectivity index (χ1n) is 7.54. The molecule has 0 fully saturated rings. The van der Waals surface area contributed by atoms with Crippen molar-refractivity contribution >= 4 is 41.3 Å². The molecule has 2 rings (SSSR count). The van der Waals surface area contributed by atoms with E-state index in [1.807, 2.05) is 6.07 Å². The van der Waals surface area contributed by atoms with Crippen molar-refractivity contribution in [3.8, 4) is 11.5 Å². The van der Waals surface area contributed by atoms with Gasteiger partial charge in [0.1, 0.15) is 11.5 Å². The van der Waals surface area contributed by atoms with Gasteiger partial charge in [-0.2, -0.15) is 0 Å². The van der Waals surface area contributed by atoms with Crippen molar-refractivity contribution < 1.29 is 9.84 Å². The minimum absolute atomic E-state index is 0. The number of thiophene rings is 1. The van der Waals surface area contributed by atoms with E-state index >= 15 is 0 Å². The van der Waals surface area contributed by atoms with Crippen LogP contribution in [0.5, 0.6) is 11.5 Å². The SMILES string of the molecule is CCc1ccc(CNC(=NC)NCc2cc(OC)ccc2O)s1.I. The van der Waals surface area contributed by atoms with Crippen LogP contribution in [0.2, 0.25) is 0 Å². The fourth-order valence-corrected chi connectivity index (χ4v) is 3.01. The highest BCUT2D eigenvalue weighted by Gasteiger charge is 2.05. The van der Waals surface area contributed by atoms with Crippen LogP contribution in [0.25, 0.3) is 0 Å². The lowest BCUT2D eigenvalue weighted by Gasteiger charge is -2.12. The normalized spacial score (nSPS) is 10.9. The zero-order valence-electron chi connectivity index (χ0n) is 14.1. The summed E-state index contributed by atoms with van der Waals surface area (Å²) in [5, 5.41) is 16.4. The summed E-state index contributed by atoms with van der Waals surface area (Å²) in [5.74, 6) is 1.64. The van der Waals surface area contributed by atoms with Gasteiger partial charge in [0.15, 0.2) is 5.96 Å². The van der Waals surface area contributed by atoms with Gasteiger partial charge in [-0.25, -0.2) is 0 Å². The van der Waals surface area contributed by atoms with E-state index in [4.69, 9.17) is 4.74 Å². The number of aliphatic imine (C=N–C) groups is 1. The van der Waals surface area contributed by atoms with E-state index in [-0.39, 0.29) is 29.7 Å². The molecule has 0 bridgehead atoms. The summed E-state index contributed by atoms with van der Waals surface area (Å²) in [6.07, 6.45) is 1.06. The third-order valence-electron chi connectivity index (χ3n) is 3.45. The van der Waals surface area contributed by atoms with Crippen LogP contribution in [0.4, 0.5) is 0 Å². The molecule has 1 heterocycles. The predicted octanol–water partition coefficient (Wildman–Crippen LogP) is 3.51. The Morgan fingerprint density at radius 1 is 1.17 bits per heavy atom. The summed E-state index contributed by atoms with van der Waals surface area (Å²) in [6.45, 7) is 3.35. The van der Waals surface area contributed by atoms with Gasteiger partial charge in [0.2, 0.25) is 0 Å². The number of aryl methyl sites for hydroxylation is 1. The zero-order valence-corrected chi connectivity index (χ0v) is 17.3. The lowest BCUT2D eigenvalue weighted by atomic mass is 10.2. The Hall–Kier alpha value is -1.48. The number of benzene rings is 1. The summed E-state index contributed by atoms with van der Waals surface area (Å²) in [5.41, 5.74) is 0.761. The maximum Gasteiger partial charge on any atom is 0.191 e. The Balaban J connectivity index is 0.00000288. The Kier molecular flexibility index (Phi) is 8.91. The molecule has 132 valence electrons. The molecule has 5 nitrogen and oxygen atoms in total. The fraction of sp³-hybridized carbons (Fsp3) is 0.353. The lowest BCUT2D eigenvalue weighted by Crippen LogP contribution is -2.36. The van der Waals surface area contributed by atoms with Crippen molar-refractivity contribution in [1.82, 2.24) is 10.6 Å². The smallest absolute Gasteiger partial charge is 0.191 e. The molecule has 1 aromatic carbocycles. The minimum atomic E-state index is 0. The van der Waals surface area contributed by atoms with Gasteiger partial charge in [-0.3, -0.25) is 4.99 Å². The number of phenolic OH excluding ortho intramolecular Hbond substituents is 1. The van der Waals surface area contributed by atoms with E-state index in [0.29, 0.717) is 18.3 Å². The highest BCUT2D eigenvalue weighted by Crippen LogP contribution is 2.22. The van der Waals surface area contributed by atoms with Gasteiger partial charge in [0.25, 0.3) is 0 Å². The second-order valence-corrected chi connectivity index (χ2v) is 6.25. The van der Waals surface area contributed by atoms with Crippen LogP contribution in [-0.4, -0.2) is 25.2 Å². The van der Waals surface area contributed by atoms with Crippen LogP contribution in [0.1, 0.15) is 22.2 Å². The molecule has 0 aliphatic heterocycles. The highest BCUT2D eigenvalue weighted by atomic mass is 127. The molecule has 3 N–H and O–H groups in total. The number of ether oxygens (including phenoxy) is 1. The van der Waals surface area contributed by atoms with Crippen LogP contribution in [0.3, 0.4) is 0 Å². The standard InChI is InChI=1S/C17H23N3O2S.HI/c1-4-14-6-7-15(23-14)11-20-17(18-2)19-10-12-9-13(22-3)5-8-16(12)21;/h5-9,21H,4,10-11H2,1-3H3,(H2,18,19,20);1H. The molecule has 0 radical (unpaired) electrons. The van der Waals surface area contributed by atoms with E-state index in [1.54, 1.807) is 37.6 Å². The second kappa shape index (κ2) is 10.4. The molecule has 2 aromatic rings. The van der Waals surface area contributed by atoms with Gasteiger partial charge < -0.3 is 20.5 Å². The number of phenols is 1. The minimum Gasteiger partial charge on any atom is -0.508 e. The number of guanidine groups is 1. The first-order chi connectivity index (χ1) is 11.2. The Labute approximate surface area is 164 Å². The quantitative estimate of drug-likeness (QED) is 0.350. The largest absolute Gasteiger partial charge is 0.508 e. The molecular weight excluding hydrogens is 437 g/mol. The van der Waals surface area contributed by atoms with Gasteiger partial charge in [-0.15, -0.1) is 35.3 Å². The Morgan fingerprint density at radius 2 is 1.88 bits per heavy atom. The van der Waals surface area contributed by atoms with Crippen molar-refractivity contribution in [2.45, 2.75) is 26.4 Å². The summed E-state index contributed by atoms with van der Waals surface area (Å²) in [4.78, 5) is 6.86. The van der Waals surface area contributed by atoms with Crippen LogP contribution in [0.15, 0.2) is 35.3 Å². The van der Waals surface area contributed by atoms with Crippen LogP contribution in [-0.2, 0) is 19.5 Å². The molecule has 1 aromatic heterocycles. The average molecular weight is 461 g/mol. The lowest BCUT2D eigenvalue weighted by molar-refractivity contribution is 0.410. The Morgan fingerprint density at radius 3 is 2.50 bits per heavy atom. The number of hydrogen-bond donors (Lipinski definition) is 3. The van der Waals surface area contributed by atoms with Crippen molar-refractivity contribution in [2.24, 2.45) is 4.99 Å². The first kappa shape index (κ1) is 20.6. The maximum absolute atomic E-state index is 9.90. The maximum atomic E-state index is 9.90. The molecule has 0 aliphatic carbocycles. The molecule has 0 amide bonds. The third-order valence-corrected chi connectivity index (χ3v) is 4.68. The molecule has 0 unspecified atom stereocenters. The number of halogens is 1. The number of rotatable bonds is 6. The van der Waals surface area contributed by atoms with Crippen LogP contribution >= 0.6 is 35.3 Å². The number of methoxy groups -OCH3 is 1. The Bertz CT molecular complexity index is 674. The fourth-order valence-electron chi connectivity index (χ4n) is 2.11. The average Bonchev–Trinajstić information content (AvgIpc) is 3.04. The predicted molar refractivity (Wildman–Crippen MR) is 111 cm³/mol. The molecule has 0 saturated carbocycles. The number of nitrogens with zero attached hydrogens (tertiary/aromatic N) is 1. The van der Waals surface area contributed by atoms with Crippen molar-refractivity contribution in [3.05, 3.63) is 45.6 Å². The van der Waals surface area contributed by atoms with Crippen LogP contribution in [0, 0.1) is 0 Å². The monoisotopic (exact) mass is 461 g/mol. The third kappa shape index (κ3) is 5.86. The van der Waals surface area contributed by atoms with E-state index in [1.165, 1.54) is 9.75 Å². The molecule has 0 aliphatic rings. The summed E-state index contributed by atoms with van der Waals surface area (Å²) >= 11 is 1.81. The molecule has 0 atom stereocenters. The van der Waals surface area contributed by atoms with Crippen molar-refractivity contribution in [2.75, 3.05) is 14.2 Å². The topological polar surface area (TPSA) is 65.9 Å². The molecular formula is C17H24IN3O2S. The second-order valence-electron chi connectivity index (χ2n) is 5.00. The van der Waals surface area contributed by atoms with Crippen LogP contribution < -0.4 is 15.4 Å². The molecule has 0 spiro atoms. The molecule has 7 heteroatoms. The van der Waals surface area contributed by atoms with Gasteiger partial charge in [0.05, 0.1) is 13.7 Å². The zero-order chi connectivity index (χ0) is 16.7. The number of nitrogens with one attached hydrogen (secondary N) is 2. The van der Waals surface area contributed by atoms with Crippen molar-refractivity contribution in [3.63, 3.8) is 0 Å². The number of aromatic hydroxyl groups is 1. The van der Waals surface area contributed by atoms with Gasteiger partial charge in [-0.1, -0.05) is 6.92 Å². The van der Waals surface area contributed by atoms with Gasteiger partial charge >= 0.3 is 0 Å². The van der Waals surface area contributed by atoms with Gasteiger partial charge in [0, 0.05) is 28.9 Å². The number of hydrogen-bond acceptors (Lipinski definition) is 4. The highest BCUT2D eigenvalue weighted by molar-refractivity contribution is 14.0. The summed E-state index contributed by atoms with van der Waals surface area (Å²) in [7, 11) is 3.34. The van der Waals surface area contributed by atoms with E-state index < -0.39 is 0 Å². The first-order valence-corrected chi connectivity index (χ1v) is 8.36. The summed E-state index contributed by atoms with van der Waals surface area (Å²) < 4.78 is 5.18. The van der Waals surface area contributed by atoms with E-state index in [0.717, 1.165) is 18.5 Å². The summed E-state index contributed by atoms with van der Waals surface area (Å²) in [6, 6.07) is 9.46. The molecule has 24 heavy (non-hydrogen) atoms. The molecule has 0 saturated heterocycles.